The summed E-state index contributed by atoms with van der Waals surface area (Å²) in [7, 11) is 0. The van der Waals surface area contributed by atoms with Crippen LogP contribution in [-0.2, 0) is 0 Å². The van der Waals surface area contributed by atoms with Crippen molar-refractivity contribution in [2.75, 3.05) is 11.4 Å². The van der Waals surface area contributed by atoms with E-state index in [0.29, 0.717) is 22.5 Å². The molecule has 0 saturated heterocycles. The van der Waals surface area contributed by atoms with Crippen molar-refractivity contribution in [2.24, 2.45) is 10.7 Å². The molecule has 108 valence electrons. The Bertz CT molecular complexity index is 718. The molecule has 0 saturated carbocycles. The Balaban J connectivity index is 2.00. The average Bonchev–Trinajstić information content (AvgIpc) is 2.84. The topological polar surface area (TPSA) is 41.6 Å². The van der Waals surface area contributed by atoms with Crippen molar-refractivity contribution in [1.29, 1.82) is 0 Å². The van der Waals surface area contributed by atoms with E-state index >= 15 is 0 Å². The van der Waals surface area contributed by atoms with Crippen LogP contribution in [0.3, 0.4) is 0 Å². The van der Waals surface area contributed by atoms with Crippen LogP contribution < -0.4 is 10.6 Å². The van der Waals surface area contributed by atoms with Crippen LogP contribution in [0.4, 0.5) is 5.69 Å². The number of guanidine groups is 1. The smallest absolute Gasteiger partial charge is 0.196 e. The predicted octanol–water partition coefficient (Wildman–Crippen LogP) is 4.63. The quantitative estimate of drug-likeness (QED) is 0.819. The first-order chi connectivity index (χ1) is 10.1. The molecule has 21 heavy (non-hydrogen) atoms. The zero-order chi connectivity index (χ0) is 15.0. The third-order valence-corrected chi connectivity index (χ3v) is 4.63. The van der Waals surface area contributed by atoms with Crippen molar-refractivity contribution in [3.63, 3.8) is 0 Å². The number of halogens is 3. The van der Waals surface area contributed by atoms with Crippen LogP contribution in [0, 0.1) is 0 Å². The highest BCUT2D eigenvalue weighted by atomic mass is 79.9. The summed E-state index contributed by atoms with van der Waals surface area (Å²) in [5.41, 5.74) is 8.08. The van der Waals surface area contributed by atoms with Gasteiger partial charge >= 0.3 is 0 Å². The van der Waals surface area contributed by atoms with Crippen LogP contribution in [0.25, 0.3) is 0 Å². The third-order valence-electron chi connectivity index (χ3n) is 3.40. The van der Waals surface area contributed by atoms with Gasteiger partial charge in [0.25, 0.3) is 0 Å². The molecule has 6 heteroatoms. The number of hydrogen-bond acceptors (Lipinski definition) is 3. The first-order valence-corrected chi connectivity index (χ1v) is 7.91. The van der Waals surface area contributed by atoms with Crippen molar-refractivity contribution < 1.29 is 0 Å². The molecule has 1 heterocycles. The zero-order valence-electron chi connectivity index (χ0n) is 10.9. The van der Waals surface area contributed by atoms with Gasteiger partial charge in [0.15, 0.2) is 5.96 Å². The Kier molecular flexibility index (Phi) is 4.11. The number of hydrogen-bond donors (Lipinski definition) is 1. The van der Waals surface area contributed by atoms with Crippen LogP contribution in [0.5, 0.6) is 0 Å². The fourth-order valence-electron chi connectivity index (χ4n) is 2.41. The second-order valence-corrected chi connectivity index (χ2v) is 6.47. The summed E-state index contributed by atoms with van der Waals surface area (Å²) in [6, 6.07) is 13.6. The van der Waals surface area contributed by atoms with Gasteiger partial charge in [0.1, 0.15) is 0 Å². The van der Waals surface area contributed by atoms with Crippen LogP contribution in [0.1, 0.15) is 11.6 Å². The summed E-state index contributed by atoms with van der Waals surface area (Å²) in [6.07, 6.45) is 0. The number of benzene rings is 2. The van der Waals surface area contributed by atoms with E-state index in [9.17, 15) is 0 Å². The largest absolute Gasteiger partial charge is 0.369 e. The number of aliphatic imine (C=N–C) groups is 1. The molecule has 0 aromatic heterocycles. The highest BCUT2D eigenvalue weighted by Crippen LogP contribution is 2.34. The maximum atomic E-state index is 6.12. The fourth-order valence-corrected chi connectivity index (χ4v) is 3.10. The van der Waals surface area contributed by atoms with Gasteiger partial charge in [-0.25, -0.2) is 0 Å². The molecule has 0 fully saturated rings. The van der Waals surface area contributed by atoms with Crippen LogP contribution in [-0.4, -0.2) is 12.5 Å². The number of nitrogens with zero attached hydrogens (tertiary/aromatic N) is 2. The lowest BCUT2D eigenvalue weighted by atomic mass is 10.1. The van der Waals surface area contributed by atoms with Gasteiger partial charge in [-0.05, 0) is 35.9 Å². The Morgan fingerprint density at radius 2 is 1.95 bits per heavy atom. The third kappa shape index (κ3) is 2.89. The Hall–Kier alpha value is -1.23. The molecule has 0 spiro atoms. The highest BCUT2D eigenvalue weighted by Gasteiger charge is 2.29. The Morgan fingerprint density at radius 1 is 1.14 bits per heavy atom. The van der Waals surface area contributed by atoms with Gasteiger partial charge in [-0.1, -0.05) is 51.3 Å². The minimum absolute atomic E-state index is 0.0223. The van der Waals surface area contributed by atoms with Gasteiger partial charge in [-0.15, -0.1) is 0 Å². The molecule has 0 bridgehead atoms. The van der Waals surface area contributed by atoms with Crippen molar-refractivity contribution in [3.8, 4) is 0 Å². The van der Waals surface area contributed by atoms with Crippen LogP contribution in [0.15, 0.2) is 51.9 Å². The molecule has 2 aromatic carbocycles. The number of nitrogens with two attached hydrogens (primary N) is 1. The second-order valence-electron chi connectivity index (χ2n) is 4.74. The van der Waals surface area contributed by atoms with E-state index in [2.05, 4.69) is 20.9 Å². The molecule has 2 N–H and O–H groups in total. The van der Waals surface area contributed by atoms with Crippen molar-refractivity contribution in [3.05, 3.63) is 62.5 Å². The normalized spacial score (nSPS) is 18.0. The summed E-state index contributed by atoms with van der Waals surface area (Å²) in [5, 5.41) is 1.08. The van der Waals surface area contributed by atoms with Crippen LogP contribution in [0.2, 0.25) is 10.0 Å². The molecule has 1 unspecified atom stereocenters. The van der Waals surface area contributed by atoms with Gasteiger partial charge in [-0.3, -0.25) is 4.99 Å². The molecule has 3 nitrogen and oxygen atoms in total. The molecule has 0 amide bonds. The SMILES string of the molecule is NC1=NCC(c2ccc(Cl)c(Cl)c2)N1c1cccc(Br)c1. The summed E-state index contributed by atoms with van der Waals surface area (Å²) in [5.74, 6) is 0.504. The van der Waals surface area contributed by atoms with E-state index in [4.69, 9.17) is 28.9 Å². The molecule has 1 atom stereocenters. The van der Waals surface area contributed by atoms with E-state index in [1.807, 2.05) is 41.3 Å². The summed E-state index contributed by atoms with van der Waals surface area (Å²) in [4.78, 5) is 6.37. The van der Waals surface area contributed by atoms with Crippen molar-refractivity contribution >= 4 is 50.8 Å². The van der Waals surface area contributed by atoms with E-state index in [0.717, 1.165) is 15.7 Å². The average molecular weight is 385 g/mol. The molecule has 1 aliphatic rings. The summed E-state index contributed by atoms with van der Waals surface area (Å²) < 4.78 is 0.993. The van der Waals surface area contributed by atoms with Gasteiger partial charge in [0, 0.05) is 10.2 Å². The Labute approximate surface area is 141 Å². The maximum absolute atomic E-state index is 6.12. The predicted molar refractivity (Wildman–Crippen MR) is 92.3 cm³/mol. The zero-order valence-corrected chi connectivity index (χ0v) is 14.0. The van der Waals surface area contributed by atoms with Gasteiger partial charge in [0.2, 0.25) is 0 Å². The summed E-state index contributed by atoms with van der Waals surface area (Å²) in [6.45, 7) is 0.594. The van der Waals surface area contributed by atoms with E-state index in [1.165, 1.54) is 0 Å². The van der Waals surface area contributed by atoms with Gasteiger partial charge in [0.05, 0.1) is 22.6 Å². The minimum atomic E-state index is 0.0223. The summed E-state index contributed by atoms with van der Waals surface area (Å²) >= 11 is 15.6. The first-order valence-electron chi connectivity index (χ1n) is 6.36. The molecular weight excluding hydrogens is 373 g/mol. The number of anilines is 1. The minimum Gasteiger partial charge on any atom is -0.369 e. The lowest BCUT2D eigenvalue weighted by molar-refractivity contribution is 0.768. The first kappa shape index (κ1) is 14.7. The lowest BCUT2D eigenvalue weighted by Gasteiger charge is -2.27. The molecular formula is C15H12BrCl2N3. The molecule has 0 radical (unpaired) electrons. The van der Waals surface area contributed by atoms with Crippen LogP contribution >= 0.6 is 39.1 Å². The maximum Gasteiger partial charge on any atom is 0.196 e. The van der Waals surface area contributed by atoms with E-state index in [1.54, 1.807) is 6.07 Å². The lowest BCUT2D eigenvalue weighted by Crippen LogP contribution is -2.36. The second kappa shape index (κ2) is 5.87. The molecule has 0 aliphatic carbocycles. The standard InChI is InChI=1S/C15H12BrCl2N3/c16-10-2-1-3-11(7-10)21-14(8-20-15(21)19)9-4-5-12(17)13(18)6-9/h1-7,14H,8H2,(H2,19,20). The van der Waals surface area contributed by atoms with Crippen molar-refractivity contribution in [1.82, 2.24) is 0 Å². The highest BCUT2D eigenvalue weighted by molar-refractivity contribution is 9.10. The Morgan fingerprint density at radius 3 is 2.67 bits per heavy atom. The number of rotatable bonds is 2. The molecule has 2 aromatic rings. The van der Waals surface area contributed by atoms with E-state index in [-0.39, 0.29) is 6.04 Å². The van der Waals surface area contributed by atoms with Crippen molar-refractivity contribution in [2.45, 2.75) is 6.04 Å². The molecule has 1 aliphatic heterocycles. The monoisotopic (exact) mass is 383 g/mol. The van der Waals surface area contributed by atoms with Gasteiger partial charge < -0.3 is 10.6 Å². The molecule has 3 rings (SSSR count). The van der Waals surface area contributed by atoms with E-state index < -0.39 is 0 Å². The fraction of sp³-hybridized carbons (Fsp3) is 0.133. The van der Waals surface area contributed by atoms with Gasteiger partial charge in [-0.2, -0.15) is 0 Å².